The molecule has 2 amide bonds. The molecule has 26 heavy (non-hydrogen) atoms. The Kier molecular flexibility index (Phi) is 5.78. The van der Waals surface area contributed by atoms with Gasteiger partial charge < -0.3 is 14.2 Å². The van der Waals surface area contributed by atoms with Crippen molar-refractivity contribution >= 4 is 11.8 Å². The molecule has 7 heteroatoms. The molecule has 0 aromatic heterocycles. The van der Waals surface area contributed by atoms with E-state index < -0.39 is 0 Å². The zero-order valence-electron chi connectivity index (χ0n) is 15.6. The third-order valence-electron chi connectivity index (χ3n) is 5.02. The monoisotopic (exact) mass is 362 g/mol. The first-order valence-electron chi connectivity index (χ1n) is 8.95. The van der Waals surface area contributed by atoms with Crippen LogP contribution in [0.25, 0.3) is 0 Å². The summed E-state index contributed by atoms with van der Waals surface area (Å²) in [7, 11) is 3.19. The molecule has 0 radical (unpaired) electrons. The van der Waals surface area contributed by atoms with Crippen molar-refractivity contribution in [3.63, 3.8) is 0 Å². The van der Waals surface area contributed by atoms with E-state index in [4.69, 9.17) is 14.2 Å². The maximum absolute atomic E-state index is 12.5. The van der Waals surface area contributed by atoms with E-state index in [0.717, 1.165) is 11.3 Å². The van der Waals surface area contributed by atoms with Crippen molar-refractivity contribution in [3.05, 3.63) is 23.8 Å². The molecule has 0 saturated carbocycles. The Morgan fingerprint density at radius 2 is 1.77 bits per heavy atom. The second kappa shape index (κ2) is 8.05. The summed E-state index contributed by atoms with van der Waals surface area (Å²) in [5, 5.41) is 0. The molecule has 0 unspecified atom stereocenters. The number of benzene rings is 1. The van der Waals surface area contributed by atoms with Crippen LogP contribution in [0.15, 0.2) is 18.2 Å². The summed E-state index contributed by atoms with van der Waals surface area (Å²) >= 11 is 0. The smallest absolute Gasteiger partial charge is 0.234 e. The average Bonchev–Trinajstić information content (AvgIpc) is 3.14. The maximum atomic E-state index is 12.5. The number of nitrogens with zero attached hydrogens (tertiary/aromatic N) is 2. The number of fused-ring (bicyclic) bond motifs is 1. The number of likely N-dealkylation sites (tertiary alicyclic amines) is 2. The first-order chi connectivity index (χ1) is 12.6. The highest BCUT2D eigenvalue weighted by Gasteiger charge is 2.51. The number of ether oxygens (including phenoxy) is 3. The lowest BCUT2D eigenvalue weighted by atomic mass is 10.00. The first kappa shape index (κ1) is 18.7. The highest BCUT2D eigenvalue weighted by Crippen LogP contribution is 2.35. The quantitative estimate of drug-likeness (QED) is 0.647. The number of hydrogen-bond donors (Lipinski definition) is 0. The Bertz CT molecular complexity index is 654. The largest absolute Gasteiger partial charge is 0.493 e. The Morgan fingerprint density at radius 3 is 2.35 bits per heavy atom. The highest BCUT2D eigenvalue weighted by atomic mass is 16.5. The molecule has 1 aromatic rings. The third kappa shape index (κ3) is 3.54. The van der Waals surface area contributed by atoms with Crippen molar-refractivity contribution in [2.75, 3.05) is 47.1 Å². The number of methoxy groups -OCH3 is 2. The minimum atomic E-state index is -0.232. The molecule has 1 aromatic carbocycles. The van der Waals surface area contributed by atoms with E-state index in [1.54, 1.807) is 14.2 Å². The van der Waals surface area contributed by atoms with E-state index >= 15 is 0 Å². The zero-order valence-corrected chi connectivity index (χ0v) is 15.6. The fraction of sp³-hybridized carbons (Fsp3) is 0.579. The van der Waals surface area contributed by atoms with Gasteiger partial charge in [0, 0.05) is 26.7 Å². The van der Waals surface area contributed by atoms with Crippen LogP contribution in [0.5, 0.6) is 11.5 Å². The Balaban J connectivity index is 1.64. The minimum Gasteiger partial charge on any atom is -0.493 e. The molecular formula is C19H26N2O5. The van der Waals surface area contributed by atoms with Crippen LogP contribution >= 0.6 is 0 Å². The van der Waals surface area contributed by atoms with Gasteiger partial charge in [-0.15, -0.1) is 0 Å². The molecule has 2 atom stereocenters. The van der Waals surface area contributed by atoms with Gasteiger partial charge in [0.05, 0.1) is 38.7 Å². The van der Waals surface area contributed by atoms with Gasteiger partial charge in [-0.2, -0.15) is 0 Å². The predicted octanol–water partition coefficient (Wildman–Crippen LogP) is 1.16. The summed E-state index contributed by atoms with van der Waals surface area (Å²) in [6.45, 7) is 5.12. The Morgan fingerprint density at radius 1 is 1.08 bits per heavy atom. The average molecular weight is 362 g/mol. The van der Waals surface area contributed by atoms with Crippen molar-refractivity contribution in [3.8, 4) is 11.5 Å². The van der Waals surface area contributed by atoms with E-state index in [9.17, 15) is 9.59 Å². The van der Waals surface area contributed by atoms with Gasteiger partial charge in [0.1, 0.15) is 0 Å². The number of carbonyl (C=O) groups excluding carboxylic acids is 2. The van der Waals surface area contributed by atoms with Gasteiger partial charge >= 0.3 is 0 Å². The van der Waals surface area contributed by atoms with Crippen LogP contribution < -0.4 is 9.47 Å². The fourth-order valence-electron chi connectivity index (χ4n) is 3.77. The van der Waals surface area contributed by atoms with Crippen molar-refractivity contribution in [2.45, 2.75) is 13.5 Å². The highest BCUT2D eigenvalue weighted by molar-refractivity contribution is 6.05. The summed E-state index contributed by atoms with van der Waals surface area (Å²) in [6, 6.07) is 5.85. The lowest BCUT2D eigenvalue weighted by molar-refractivity contribution is -0.141. The van der Waals surface area contributed by atoms with E-state index in [-0.39, 0.29) is 23.7 Å². The SMILES string of the molecule is CCOc1ccc(CN2C[C@@H]3C(=O)N(CCOC)C(=O)[C@@H]3C2)cc1OC. The Labute approximate surface area is 153 Å². The van der Waals surface area contributed by atoms with Crippen LogP contribution in [0.1, 0.15) is 12.5 Å². The van der Waals surface area contributed by atoms with Crippen molar-refractivity contribution in [1.29, 1.82) is 0 Å². The Hall–Kier alpha value is -2.12. The van der Waals surface area contributed by atoms with Crippen molar-refractivity contribution < 1.29 is 23.8 Å². The summed E-state index contributed by atoms with van der Waals surface area (Å²) in [6.07, 6.45) is 0. The molecule has 0 N–H and O–H groups in total. The first-order valence-corrected chi connectivity index (χ1v) is 8.95. The maximum Gasteiger partial charge on any atom is 0.234 e. The van der Waals surface area contributed by atoms with Crippen LogP contribution in [-0.2, 0) is 20.9 Å². The summed E-state index contributed by atoms with van der Waals surface area (Å²) in [5.41, 5.74) is 1.07. The lowest BCUT2D eigenvalue weighted by Crippen LogP contribution is -2.37. The predicted molar refractivity (Wildman–Crippen MR) is 95.0 cm³/mol. The second-order valence-corrected chi connectivity index (χ2v) is 6.65. The molecule has 7 nitrogen and oxygen atoms in total. The van der Waals surface area contributed by atoms with E-state index in [2.05, 4.69) is 4.90 Å². The molecule has 2 aliphatic rings. The van der Waals surface area contributed by atoms with Gasteiger partial charge in [-0.05, 0) is 24.6 Å². The van der Waals surface area contributed by atoms with Crippen molar-refractivity contribution in [2.24, 2.45) is 11.8 Å². The van der Waals surface area contributed by atoms with Gasteiger partial charge in [-0.3, -0.25) is 19.4 Å². The van der Waals surface area contributed by atoms with E-state index in [1.165, 1.54) is 4.90 Å². The molecule has 2 heterocycles. The lowest BCUT2D eigenvalue weighted by Gasteiger charge is -2.21. The van der Waals surface area contributed by atoms with Crippen LogP contribution in [0.4, 0.5) is 0 Å². The van der Waals surface area contributed by atoms with Gasteiger partial charge in [-0.25, -0.2) is 0 Å². The number of carbonyl (C=O) groups is 2. The molecule has 2 saturated heterocycles. The summed E-state index contributed by atoms with van der Waals surface area (Å²) in [4.78, 5) is 28.5. The van der Waals surface area contributed by atoms with Crippen LogP contribution in [0.2, 0.25) is 0 Å². The van der Waals surface area contributed by atoms with Crippen LogP contribution in [-0.4, -0.2) is 68.7 Å². The van der Waals surface area contributed by atoms with E-state index in [1.807, 2.05) is 25.1 Å². The third-order valence-corrected chi connectivity index (χ3v) is 5.02. The molecule has 142 valence electrons. The molecule has 0 aliphatic carbocycles. The van der Waals surface area contributed by atoms with E-state index in [0.29, 0.717) is 45.1 Å². The fourth-order valence-corrected chi connectivity index (χ4v) is 3.77. The molecule has 3 rings (SSSR count). The molecule has 2 aliphatic heterocycles. The zero-order chi connectivity index (χ0) is 18.7. The van der Waals surface area contributed by atoms with Crippen LogP contribution in [0, 0.1) is 11.8 Å². The van der Waals surface area contributed by atoms with Crippen molar-refractivity contribution in [1.82, 2.24) is 9.80 Å². The molecule has 2 fully saturated rings. The van der Waals surface area contributed by atoms with Gasteiger partial charge in [0.25, 0.3) is 0 Å². The number of amides is 2. The number of imide groups is 1. The minimum absolute atomic E-state index is 0.0659. The summed E-state index contributed by atoms with van der Waals surface area (Å²) in [5.74, 6) is 0.818. The normalized spacial score (nSPS) is 22.8. The molecule has 0 spiro atoms. The summed E-state index contributed by atoms with van der Waals surface area (Å²) < 4.78 is 15.9. The second-order valence-electron chi connectivity index (χ2n) is 6.65. The number of hydrogen-bond acceptors (Lipinski definition) is 6. The number of rotatable bonds is 8. The van der Waals surface area contributed by atoms with Gasteiger partial charge in [0.2, 0.25) is 11.8 Å². The van der Waals surface area contributed by atoms with Gasteiger partial charge in [-0.1, -0.05) is 6.07 Å². The molecular weight excluding hydrogens is 336 g/mol. The molecule has 0 bridgehead atoms. The topological polar surface area (TPSA) is 68.3 Å². The van der Waals surface area contributed by atoms with Crippen LogP contribution in [0.3, 0.4) is 0 Å². The van der Waals surface area contributed by atoms with Gasteiger partial charge in [0.15, 0.2) is 11.5 Å². The standard InChI is InChI=1S/C19H26N2O5/c1-4-26-16-6-5-13(9-17(16)25-3)10-20-11-14-15(12-20)19(23)21(18(14)22)7-8-24-2/h5-6,9,14-15H,4,7-8,10-12H2,1-3H3/t14-,15+.